The molecule has 0 saturated heterocycles. The number of aliphatic hydroxyl groups is 1. The summed E-state index contributed by atoms with van der Waals surface area (Å²) in [4.78, 5) is 4.68. The average molecular weight is 258 g/mol. The highest BCUT2D eigenvalue weighted by atomic mass is 16.3. The monoisotopic (exact) mass is 258 g/mol. The van der Waals surface area contributed by atoms with Gasteiger partial charge in [0.1, 0.15) is 5.82 Å². The molecule has 2 unspecified atom stereocenters. The Hall–Kier alpha value is -1.35. The molecule has 3 heteroatoms. The maximum absolute atomic E-state index is 10.4. The summed E-state index contributed by atoms with van der Waals surface area (Å²) in [6.07, 6.45) is 1.52. The van der Waals surface area contributed by atoms with Crippen molar-refractivity contribution in [2.45, 2.75) is 46.3 Å². The standard InChI is InChI=1S/C16H22N2O/c1-4-18-13-8-6-5-7-12(13)17-15(18)9-14(19)11-10-16(11,2)3/h5-8,11,14,19H,4,9-10H2,1-3H3. The number of aromatic nitrogens is 2. The number of aliphatic hydroxyl groups excluding tert-OH is 1. The molecule has 1 heterocycles. The van der Waals surface area contributed by atoms with Gasteiger partial charge >= 0.3 is 0 Å². The van der Waals surface area contributed by atoms with Crippen LogP contribution in [0.15, 0.2) is 24.3 Å². The molecule has 102 valence electrons. The van der Waals surface area contributed by atoms with E-state index in [2.05, 4.69) is 36.4 Å². The van der Waals surface area contributed by atoms with E-state index in [1.807, 2.05) is 18.2 Å². The Morgan fingerprint density at radius 3 is 2.74 bits per heavy atom. The second-order valence-corrected chi connectivity index (χ2v) is 6.33. The largest absolute Gasteiger partial charge is 0.392 e. The summed E-state index contributed by atoms with van der Waals surface area (Å²) in [5, 5.41) is 10.4. The van der Waals surface area contributed by atoms with Crippen molar-refractivity contribution in [3.63, 3.8) is 0 Å². The van der Waals surface area contributed by atoms with Crippen LogP contribution in [-0.2, 0) is 13.0 Å². The minimum atomic E-state index is -0.267. The zero-order chi connectivity index (χ0) is 13.6. The normalized spacial score (nSPS) is 22.6. The van der Waals surface area contributed by atoms with Gasteiger partial charge in [0, 0.05) is 13.0 Å². The van der Waals surface area contributed by atoms with Crippen LogP contribution < -0.4 is 0 Å². The maximum Gasteiger partial charge on any atom is 0.112 e. The molecular weight excluding hydrogens is 236 g/mol. The number of rotatable bonds is 4. The second kappa shape index (κ2) is 4.34. The third-order valence-electron chi connectivity index (χ3n) is 4.50. The van der Waals surface area contributed by atoms with Crippen molar-refractivity contribution in [2.24, 2.45) is 11.3 Å². The van der Waals surface area contributed by atoms with Crippen molar-refractivity contribution in [3.8, 4) is 0 Å². The highest BCUT2D eigenvalue weighted by Crippen LogP contribution is 2.54. The van der Waals surface area contributed by atoms with Crippen LogP contribution in [0.2, 0.25) is 0 Å². The van der Waals surface area contributed by atoms with E-state index in [0.717, 1.165) is 24.3 Å². The van der Waals surface area contributed by atoms with Gasteiger partial charge in [0.05, 0.1) is 17.1 Å². The Bertz CT molecular complexity index is 600. The molecule has 1 aliphatic carbocycles. The van der Waals surface area contributed by atoms with Gasteiger partial charge in [0.25, 0.3) is 0 Å². The van der Waals surface area contributed by atoms with Gasteiger partial charge in [-0.2, -0.15) is 0 Å². The number of hydrogen-bond acceptors (Lipinski definition) is 2. The van der Waals surface area contributed by atoms with Crippen LogP contribution in [-0.4, -0.2) is 20.8 Å². The molecule has 19 heavy (non-hydrogen) atoms. The van der Waals surface area contributed by atoms with Crippen molar-refractivity contribution in [2.75, 3.05) is 0 Å². The van der Waals surface area contributed by atoms with E-state index >= 15 is 0 Å². The molecule has 1 aliphatic rings. The topological polar surface area (TPSA) is 38.0 Å². The molecule has 2 atom stereocenters. The number of nitrogens with zero attached hydrogens (tertiary/aromatic N) is 2. The van der Waals surface area contributed by atoms with E-state index in [4.69, 9.17) is 0 Å². The first kappa shape index (κ1) is 12.7. The molecule has 0 radical (unpaired) electrons. The lowest BCUT2D eigenvalue weighted by Gasteiger charge is -2.13. The number of imidazole rings is 1. The molecule has 0 spiro atoms. The van der Waals surface area contributed by atoms with Crippen molar-refractivity contribution in [3.05, 3.63) is 30.1 Å². The van der Waals surface area contributed by atoms with Gasteiger partial charge < -0.3 is 9.67 Å². The van der Waals surface area contributed by atoms with Crippen LogP contribution in [0.25, 0.3) is 11.0 Å². The fourth-order valence-electron chi connectivity index (χ4n) is 3.13. The highest BCUT2D eigenvalue weighted by molar-refractivity contribution is 5.75. The van der Waals surface area contributed by atoms with Crippen LogP contribution in [0.5, 0.6) is 0 Å². The molecule has 2 aromatic rings. The van der Waals surface area contributed by atoms with Gasteiger partial charge in [0.15, 0.2) is 0 Å². The van der Waals surface area contributed by atoms with E-state index in [1.165, 1.54) is 5.52 Å². The Balaban J connectivity index is 1.88. The number of para-hydroxylation sites is 2. The molecule has 1 saturated carbocycles. The SMILES string of the molecule is CCn1c(CC(O)C2CC2(C)C)nc2ccccc21. The Morgan fingerprint density at radius 1 is 1.42 bits per heavy atom. The fourth-order valence-corrected chi connectivity index (χ4v) is 3.13. The van der Waals surface area contributed by atoms with Crippen LogP contribution in [0.3, 0.4) is 0 Å². The first-order chi connectivity index (χ1) is 9.03. The van der Waals surface area contributed by atoms with Crippen molar-refractivity contribution >= 4 is 11.0 Å². The molecule has 3 rings (SSSR count). The van der Waals surface area contributed by atoms with E-state index < -0.39 is 0 Å². The lowest BCUT2D eigenvalue weighted by molar-refractivity contribution is 0.134. The lowest BCUT2D eigenvalue weighted by Crippen LogP contribution is -2.19. The average Bonchev–Trinajstić information content (AvgIpc) is 2.88. The Morgan fingerprint density at radius 2 is 2.11 bits per heavy atom. The van der Waals surface area contributed by atoms with E-state index in [0.29, 0.717) is 17.8 Å². The first-order valence-corrected chi connectivity index (χ1v) is 7.15. The molecule has 0 aliphatic heterocycles. The van der Waals surface area contributed by atoms with Gasteiger partial charge in [-0.05, 0) is 36.8 Å². The van der Waals surface area contributed by atoms with Gasteiger partial charge in [-0.1, -0.05) is 26.0 Å². The van der Waals surface area contributed by atoms with E-state index in [-0.39, 0.29) is 6.10 Å². The summed E-state index contributed by atoms with van der Waals surface area (Å²) in [7, 11) is 0. The number of hydrogen-bond donors (Lipinski definition) is 1. The third-order valence-corrected chi connectivity index (χ3v) is 4.50. The maximum atomic E-state index is 10.4. The van der Waals surface area contributed by atoms with E-state index in [1.54, 1.807) is 0 Å². The second-order valence-electron chi connectivity index (χ2n) is 6.33. The molecule has 0 bridgehead atoms. The predicted octanol–water partition coefficient (Wildman–Crippen LogP) is 3.01. The lowest BCUT2D eigenvalue weighted by atomic mass is 10.0. The van der Waals surface area contributed by atoms with Gasteiger partial charge in [-0.15, -0.1) is 0 Å². The van der Waals surface area contributed by atoms with Gasteiger partial charge in [-0.3, -0.25) is 0 Å². The molecule has 1 aromatic heterocycles. The smallest absolute Gasteiger partial charge is 0.112 e. The summed E-state index contributed by atoms with van der Waals surface area (Å²) in [5.41, 5.74) is 2.51. The highest BCUT2D eigenvalue weighted by Gasteiger charge is 2.49. The summed E-state index contributed by atoms with van der Waals surface area (Å²) >= 11 is 0. The Kier molecular flexibility index (Phi) is 2.90. The fraction of sp³-hybridized carbons (Fsp3) is 0.562. The zero-order valence-corrected chi connectivity index (χ0v) is 11.9. The number of fused-ring (bicyclic) bond motifs is 1. The van der Waals surface area contributed by atoms with Crippen molar-refractivity contribution in [1.29, 1.82) is 0 Å². The minimum Gasteiger partial charge on any atom is -0.392 e. The predicted molar refractivity (Wildman–Crippen MR) is 77.0 cm³/mol. The molecule has 1 N–H and O–H groups in total. The molecule has 1 aromatic carbocycles. The molecular formula is C16H22N2O. The molecule has 1 fully saturated rings. The van der Waals surface area contributed by atoms with Crippen LogP contribution in [0.4, 0.5) is 0 Å². The van der Waals surface area contributed by atoms with Crippen molar-refractivity contribution < 1.29 is 5.11 Å². The number of aryl methyl sites for hydroxylation is 1. The first-order valence-electron chi connectivity index (χ1n) is 7.15. The van der Waals surface area contributed by atoms with Gasteiger partial charge in [0.2, 0.25) is 0 Å². The zero-order valence-electron chi connectivity index (χ0n) is 11.9. The summed E-state index contributed by atoms with van der Waals surface area (Å²) in [6.45, 7) is 7.48. The molecule has 3 nitrogen and oxygen atoms in total. The molecule has 0 amide bonds. The summed E-state index contributed by atoms with van der Waals surface area (Å²) in [6, 6.07) is 8.20. The van der Waals surface area contributed by atoms with Crippen LogP contribution >= 0.6 is 0 Å². The van der Waals surface area contributed by atoms with Gasteiger partial charge in [-0.25, -0.2) is 4.98 Å². The van der Waals surface area contributed by atoms with E-state index in [9.17, 15) is 5.11 Å². The van der Waals surface area contributed by atoms with Crippen LogP contribution in [0, 0.1) is 11.3 Å². The summed E-state index contributed by atoms with van der Waals surface area (Å²) < 4.78 is 2.22. The van der Waals surface area contributed by atoms with Crippen LogP contribution in [0.1, 0.15) is 33.0 Å². The quantitative estimate of drug-likeness (QED) is 0.915. The minimum absolute atomic E-state index is 0.267. The Labute approximate surface area is 114 Å². The summed E-state index contributed by atoms with van der Waals surface area (Å²) in [5.74, 6) is 1.44. The third kappa shape index (κ3) is 2.16. The van der Waals surface area contributed by atoms with Crippen molar-refractivity contribution in [1.82, 2.24) is 9.55 Å². The number of benzene rings is 1.